The first-order valence-electron chi connectivity index (χ1n) is 10.4. The first-order valence-corrected chi connectivity index (χ1v) is 11.6. The highest BCUT2D eigenvalue weighted by Crippen LogP contribution is 2.59. The maximum Gasteiger partial charge on any atom is 0.403 e. The number of nitrogens with one attached hydrogen (secondary N) is 1. The van der Waals surface area contributed by atoms with Gasteiger partial charge in [0.1, 0.15) is 16.9 Å². The van der Waals surface area contributed by atoms with Crippen LogP contribution in [0.1, 0.15) is 37.4 Å². The summed E-state index contributed by atoms with van der Waals surface area (Å²) in [6.07, 6.45) is -4.82. The van der Waals surface area contributed by atoms with Crippen LogP contribution in [0.5, 0.6) is 0 Å². The number of hydrazone groups is 1. The minimum Gasteiger partial charge on any atom is -0.448 e. The number of alkyl halides is 3. The number of aromatic nitrogens is 2. The van der Waals surface area contributed by atoms with Crippen molar-refractivity contribution in [2.75, 3.05) is 0 Å². The normalized spacial score (nSPS) is 19.1. The van der Waals surface area contributed by atoms with Gasteiger partial charge in [0, 0.05) is 15.7 Å². The molecule has 5 nitrogen and oxygen atoms in total. The molecule has 1 aliphatic carbocycles. The van der Waals surface area contributed by atoms with Gasteiger partial charge in [0.05, 0.1) is 10.7 Å². The number of hydrogen-bond acceptors (Lipinski definition) is 4. The third-order valence-electron chi connectivity index (χ3n) is 6.00. The lowest BCUT2D eigenvalue weighted by molar-refractivity contribution is -0.170. The fourth-order valence-electron chi connectivity index (χ4n) is 4.07. The average molecular weight is 540 g/mol. The summed E-state index contributed by atoms with van der Waals surface area (Å²) in [7, 11) is 0. The SMILES string of the molecule is CCc1c(C2NN=C(C3(C(F)(F)F)CC3)O2)nc(-c2ccccc2Cl)n1-c1ccc(Br)cc1. The van der Waals surface area contributed by atoms with Gasteiger partial charge in [-0.3, -0.25) is 9.99 Å². The van der Waals surface area contributed by atoms with Crippen molar-refractivity contribution in [1.82, 2.24) is 15.0 Å². The second kappa shape index (κ2) is 8.06. The molecule has 1 fully saturated rings. The molecule has 2 aliphatic rings. The second-order valence-corrected chi connectivity index (χ2v) is 9.36. The summed E-state index contributed by atoms with van der Waals surface area (Å²) in [6.45, 7) is 1.96. The molecule has 2 heterocycles. The van der Waals surface area contributed by atoms with Gasteiger partial charge in [0.15, 0.2) is 0 Å². The van der Waals surface area contributed by atoms with E-state index in [1.807, 2.05) is 54.0 Å². The molecule has 0 amide bonds. The van der Waals surface area contributed by atoms with Crippen LogP contribution in [0, 0.1) is 5.41 Å². The van der Waals surface area contributed by atoms with Crippen LogP contribution in [0.4, 0.5) is 13.2 Å². The van der Waals surface area contributed by atoms with Crippen LogP contribution >= 0.6 is 27.5 Å². The Morgan fingerprint density at radius 2 is 1.88 bits per heavy atom. The molecule has 3 aromatic rings. The number of rotatable bonds is 5. The Hall–Kier alpha value is -2.52. The molecule has 10 heteroatoms. The average Bonchev–Trinajstić information content (AvgIpc) is 3.32. The topological polar surface area (TPSA) is 51.4 Å². The Kier molecular flexibility index (Phi) is 5.44. The zero-order chi connectivity index (χ0) is 23.4. The molecule has 1 N–H and O–H groups in total. The van der Waals surface area contributed by atoms with Crippen molar-refractivity contribution in [3.05, 3.63) is 69.4 Å². The third kappa shape index (κ3) is 3.71. The van der Waals surface area contributed by atoms with E-state index in [-0.39, 0.29) is 18.7 Å². The van der Waals surface area contributed by atoms with Gasteiger partial charge >= 0.3 is 6.18 Å². The molecule has 1 unspecified atom stereocenters. The minimum absolute atomic E-state index is 0.0252. The Labute approximate surface area is 201 Å². The quantitative estimate of drug-likeness (QED) is 0.388. The van der Waals surface area contributed by atoms with Crippen LogP contribution in [0.3, 0.4) is 0 Å². The smallest absolute Gasteiger partial charge is 0.403 e. The second-order valence-electron chi connectivity index (χ2n) is 8.04. The van der Waals surface area contributed by atoms with Crippen molar-refractivity contribution in [2.45, 2.75) is 38.6 Å². The van der Waals surface area contributed by atoms with Crippen molar-refractivity contribution >= 4 is 33.4 Å². The van der Waals surface area contributed by atoms with Gasteiger partial charge in [-0.25, -0.2) is 4.98 Å². The van der Waals surface area contributed by atoms with E-state index in [4.69, 9.17) is 21.3 Å². The molecule has 33 heavy (non-hydrogen) atoms. The molecular weight excluding hydrogens is 521 g/mol. The van der Waals surface area contributed by atoms with Crippen molar-refractivity contribution in [1.29, 1.82) is 0 Å². The van der Waals surface area contributed by atoms with E-state index in [1.54, 1.807) is 6.07 Å². The summed E-state index contributed by atoms with van der Waals surface area (Å²) < 4.78 is 49.4. The monoisotopic (exact) mass is 538 g/mol. The number of nitrogens with zero attached hydrogens (tertiary/aromatic N) is 3. The molecular formula is C23H19BrClF3N4O. The molecule has 1 aromatic heterocycles. The third-order valence-corrected chi connectivity index (χ3v) is 6.86. The molecule has 172 valence electrons. The van der Waals surface area contributed by atoms with Gasteiger partial charge in [-0.05, 0) is 55.7 Å². The van der Waals surface area contributed by atoms with Gasteiger partial charge in [-0.15, -0.1) is 5.10 Å². The molecule has 0 radical (unpaired) electrons. The highest BCUT2D eigenvalue weighted by molar-refractivity contribution is 9.10. The summed E-state index contributed by atoms with van der Waals surface area (Å²) in [6, 6.07) is 15.0. The van der Waals surface area contributed by atoms with Gasteiger partial charge < -0.3 is 4.74 Å². The number of hydrogen-bond donors (Lipinski definition) is 1. The van der Waals surface area contributed by atoms with Crippen molar-refractivity contribution in [2.24, 2.45) is 10.5 Å². The lowest BCUT2D eigenvalue weighted by Gasteiger charge is -2.19. The zero-order valence-electron chi connectivity index (χ0n) is 17.5. The minimum atomic E-state index is -4.41. The summed E-state index contributed by atoms with van der Waals surface area (Å²) >= 11 is 9.95. The van der Waals surface area contributed by atoms with E-state index >= 15 is 0 Å². The number of halogens is 5. The Bertz CT molecular complexity index is 1240. The largest absolute Gasteiger partial charge is 0.448 e. The van der Waals surface area contributed by atoms with E-state index < -0.39 is 17.8 Å². The molecule has 5 rings (SSSR count). The standard InChI is InChI=1S/C23H19BrClF3N4O/c1-2-17-18(20-30-31-21(33-20)22(11-12-22)23(26,27)28)29-19(15-5-3-4-6-16(15)25)32(17)14-9-7-13(24)8-10-14/h3-10,20,30H,2,11-12H2,1H3. The van der Waals surface area contributed by atoms with Crippen LogP contribution in [-0.2, 0) is 11.2 Å². The first kappa shape index (κ1) is 22.3. The van der Waals surface area contributed by atoms with Gasteiger partial charge in [0.25, 0.3) is 0 Å². The van der Waals surface area contributed by atoms with E-state index in [1.165, 1.54) is 0 Å². The van der Waals surface area contributed by atoms with Crippen molar-refractivity contribution in [3.63, 3.8) is 0 Å². The molecule has 0 saturated heterocycles. The zero-order valence-corrected chi connectivity index (χ0v) is 19.8. The maximum atomic E-state index is 13.6. The van der Waals surface area contributed by atoms with Gasteiger partial charge in [-0.2, -0.15) is 13.2 Å². The lowest BCUT2D eigenvalue weighted by atomic mass is 10.1. The van der Waals surface area contributed by atoms with Gasteiger partial charge in [-0.1, -0.05) is 46.6 Å². The number of benzene rings is 2. The summed E-state index contributed by atoms with van der Waals surface area (Å²) in [4.78, 5) is 4.82. The molecule has 0 spiro atoms. The Balaban J connectivity index is 1.60. The van der Waals surface area contributed by atoms with Gasteiger partial charge in [0.2, 0.25) is 12.1 Å². The molecule has 2 aromatic carbocycles. The van der Waals surface area contributed by atoms with E-state index in [9.17, 15) is 13.2 Å². The Morgan fingerprint density at radius 3 is 2.48 bits per heavy atom. The van der Waals surface area contributed by atoms with Crippen LogP contribution in [0.2, 0.25) is 5.02 Å². The lowest BCUT2D eigenvalue weighted by Crippen LogP contribution is -2.33. The molecule has 1 aliphatic heterocycles. The van der Waals surface area contributed by atoms with Crippen LogP contribution in [0.25, 0.3) is 17.1 Å². The molecule has 1 saturated carbocycles. The van der Waals surface area contributed by atoms with Crippen LogP contribution in [-0.4, -0.2) is 21.6 Å². The van der Waals surface area contributed by atoms with E-state index in [0.717, 1.165) is 15.9 Å². The maximum absolute atomic E-state index is 13.6. The van der Waals surface area contributed by atoms with E-state index in [2.05, 4.69) is 26.5 Å². The first-order chi connectivity index (χ1) is 15.7. The highest BCUT2D eigenvalue weighted by atomic mass is 79.9. The molecule has 0 bridgehead atoms. The number of imidazole rings is 1. The summed E-state index contributed by atoms with van der Waals surface area (Å²) in [5.41, 5.74) is 3.55. The fraction of sp³-hybridized carbons (Fsp3) is 0.304. The predicted molar refractivity (Wildman–Crippen MR) is 123 cm³/mol. The van der Waals surface area contributed by atoms with Crippen LogP contribution < -0.4 is 5.43 Å². The molecule has 1 atom stereocenters. The predicted octanol–water partition coefficient (Wildman–Crippen LogP) is 6.79. The Morgan fingerprint density at radius 1 is 1.18 bits per heavy atom. The van der Waals surface area contributed by atoms with Crippen molar-refractivity contribution < 1.29 is 17.9 Å². The van der Waals surface area contributed by atoms with Crippen LogP contribution in [0.15, 0.2) is 58.1 Å². The summed E-state index contributed by atoms with van der Waals surface area (Å²) in [5, 5.41) is 4.44. The van der Waals surface area contributed by atoms with E-state index in [0.29, 0.717) is 28.5 Å². The number of ether oxygens (including phenoxy) is 1. The fourth-order valence-corrected chi connectivity index (χ4v) is 4.56. The summed E-state index contributed by atoms with van der Waals surface area (Å²) in [5.74, 6) is 0.255. The van der Waals surface area contributed by atoms with Crippen molar-refractivity contribution in [3.8, 4) is 17.1 Å². The highest BCUT2D eigenvalue weighted by Gasteiger charge is 2.69.